The highest BCUT2D eigenvalue weighted by atomic mass is 16.5. The molecule has 1 fully saturated rings. The second kappa shape index (κ2) is 11.0. The standard InChI is InChI=1S/C33H38N2O4/c1-19(2)22-9-11-23(12-10-22)30-29(31(36)27-18-26(20(3)4)28(39-8)17-21(27)5)32(37)33(38)35(30)25-15-13-24(14-16-25)34(6)7/h9-20,30,36H,1-8H3/b31-29+. The molecule has 0 aliphatic carbocycles. The molecule has 3 aromatic carbocycles. The maximum atomic E-state index is 13.6. The molecular formula is C33H38N2O4. The molecule has 1 aliphatic heterocycles. The first-order valence-corrected chi connectivity index (χ1v) is 13.3. The minimum atomic E-state index is -0.777. The van der Waals surface area contributed by atoms with Crippen molar-refractivity contribution in [3.05, 3.63) is 94.1 Å². The van der Waals surface area contributed by atoms with Crippen molar-refractivity contribution in [1.29, 1.82) is 0 Å². The Balaban J connectivity index is 1.95. The molecule has 6 heteroatoms. The second-order valence-electron chi connectivity index (χ2n) is 11.0. The van der Waals surface area contributed by atoms with E-state index < -0.39 is 17.7 Å². The Hall–Kier alpha value is -4.06. The lowest BCUT2D eigenvalue weighted by Gasteiger charge is -2.26. The number of nitrogens with zero attached hydrogens (tertiary/aromatic N) is 2. The maximum Gasteiger partial charge on any atom is 0.300 e. The van der Waals surface area contributed by atoms with E-state index in [4.69, 9.17) is 4.74 Å². The van der Waals surface area contributed by atoms with E-state index in [-0.39, 0.29) is 17.3 Å². The Morgan fingerprint density at radius 3 is 2.05 bits per heavy atom. The SMILES string of the molecule is COc1cc(C)c(/C(O)=C2\C(=O)C(=O)N(c3ccc(N(C)C)cc3)C2c2ccc(C(C)C)cc2)cc1C(C)C. The number of rotatable bonds is 7. The molecule has 3 aromatic rings. The van der Waals surface area contributed by atoms with E-state index in [9.17, 15) is 14.7 Å². The summed E-state index contributed by atoms with van der Waals surface area (Å²) in [6.07, 6.45) is 0. The molecule has 0 spiro atoms. The number of hydrogen-bond donors (Lipinski definition) is 1. The number of anilines is 2. The van der Waals surface area contributed by atoms with E-state index in [0.717, 1.165) is 33.7 Å². The molecule has 1 saturated heterocycles. The van der Waals surface area contributed by atoms with Crippen LogP contribution >= 0.6 is 0 Å². The van der Waals surface area contributed by atoms with E-state index in [1.54, 1.807) is 7.11 Å². The van der Waals surface area contributed by atoms with Gasteiger partial charge in [0.2, 0.25) is 0 Å². The predicted molar refractivity (Wildman–Crippen MR) is 158 cm³/mol. The van der Waals surface area contributed by atoms with Gasteiger partial charge < -0.3 is 14.7 Å². The average molecular weight is 527 g/mol. The first-order chi connectivity index (χ1) is 18.5. The summed E-state index contributed by atoms with van der Waals surface area (Å²) in [5.74, 6) is -0.364. The summed E-state index contributed by atoms with van der Waals surface area (Å²) < 4.78 is 5.58. The molecule has 0 bridgehead atoms. The van der Waals surface area contributed by atoms with Crippen LogP contribution < -0.4 is 14.5 Å². The number of methoxy groups -OCH3 is 1. The lowest BCUT2D eigenvalue weighted by molar-refractivity contribution is -0.132. The molecule has 0 radical (unpaired) electrons. The van der Waals surface area contributed by atoms with Crippen molar-refractivity contribution in [1.82, 2.24) is 0 Å². The van der Waals surface area contributed by atoms with Crippen LogP contribution in [0.4, 0.5) is 11.4 Å². The van der Waals surface area contributed by atoms with Gasteiger partial charge in [-0.15, -0.1) is 0 Å². The Morgan fingerprint density at radius 1 is 0.923 bits per heavy atom. The normalized spacial score (nSPS) is 16.9. The fourth-order valence-corrected chi connectivity index (χ4v) is 5.12. The Kier molecular flexibility index (Phi) is 7.86. The fourth-order valence-electron chi connectivity index (χ4n) is 5.12. The summed E-state index contributed by atoms with van der Waals surface area (Å²) in [7, 11) is 5.51. The van der Waals surface area contributed by atoms with Gasteiger partial charge in [-0.25, -0.2) is 0 Å². The number of aryl methyl sites for hydroxylation is 1. The quantitative estimate of drug-likeness (QED) is 0.205. The van der Waals surface area contributed by atoms with Crippen LogP contribution in [0.3, 0.4) is 0 Å². The van der Waals surface area contributed by atoms with E-state index in [2.05, 4.69) is 13.8 Å². The van der Waals surface area contributed by atoms with Crippen LogP contribution in [0.25, 0.3) is 5.76 Å². The molecule has 1 atom stereocenters. The molecule has 1 heterocycles. The topological polar surface area (TPSA) is 70.1 Å². The number of carbonyl (C=O) groups excluding carboxylic acids is 2. The van der Waals surface area contributed by atoms with E-state index in [1.807, 2.05) is 100 Å². The summed E-state index contributed by atoms with van der Waals surface area (Å²) in [5.41, 5.74) is 5.74. The van der Waals surface area contributed by atoms with E-state index >= 15 is 0 Å². The molecule has 1 aliphatic rings. The third kappa shape index (κ3) is 5.16. The van der Waals surface area contributed by atoms with Crippen LogP contribution in [0, 0.1) is 6.92 Å². The Labute approximate surface area is 231 Å². The molecule has 6 nitrogen and oxygen atoms in total. The predicted octanol–water partition coefficient (Wildman–Crippen LogP) is 6.94. The van der Waals surface area contributed by atoms with Crippen molar-refractivity contribution in [2.45, 2.75) is 52.5 Å². The maximum absolute atomic E-state index is 13.6. The van der Waals surface area contributed by atoms with Crippen molar-refractivity contribution in [3.8, 4) is 5.75 Å². The second-order valence-corrected chi connectivity index (χ2v) is 11.0. The zero-order valence-electron chi connectivity index (χ0n) is 24.1. The molecule has 1 unspecified atom stereocenters. The van der Waals surface area contributed by atoms with Crippen molar-refractivity contribution in [2.75, 3.05) is 31.0 Å². The lowest BCUT2D eigenvalue weighted by atomic mass is 9.90. The van der Waals surface area contributed by atoms with Gasteiger partial charge in [-0.1, -0.05) is 52.0 Å². The molecule has 204 valence electrons. The number of ketones is 1. The van der Waals surface area contributed by atoms with Gasteiger partial charge in [0.15, 0.2) is 0 Å². The molecule has 0 saturated carbocycles. The minimum Gasteiger partial charge on any atom is -0.507 e. The number of amides is 1. The highest BCUT2D eigenvalue weighted by molar-refractivity contribution is 6.51. The number of aliphatic hydroxyl groups excluding tert-OH is 1. The highest BCUT2D eigenvalue weighted by Gasteiger charge is 2.47. The number of carbonyl (C=O) groups is 2. The van der Waals surface area contributed by atoms with Gasteiger partial charge in [-0.05, 0) is 77.4 Å². The zero-order chi connectivity index (χ0) is 28.6. The van der Waals surface area contributed by atoms with Crippen molar-refractivity contribution in [2.24, 2.45) is 0 Å². The first-order valence-electron chi connectivity index (χ1n) is 13.3. The number of benzene rings is 3. The summed E-state index contributed by atoms with van der Waals surface area (Å²) in [4.78, 5) is 30.7. The number of aliphatic hydroxyl groups is 1. The number of ether oxygens (including phenoxy) is 1. The van der Waals surface area contributed by atoms with Crippen LogP contribution in [0.15, 0.2) is 66.2 Å². The van der Waals surface area contributed by atoms with Crippen molar-refractivity contribution >= 4 is 28.8 Å². The van der Waals surface area contributed by atoms with Gasteiger partial charge in [0.1, 0.15) is 11.5 Å². The zero-order valence-corrected chi connectivity index (χ0v) is 24.1. The molecule has 4 rings (SSSR count). The largest absolute Gasteiger partial charge is 0.507 e. The highest BCUT2D eigenvalue weighted by Crippen LogP contribution is 2.44. The van der Waals surface area contributed by atoms with Gasteiger partial charge in [-0.3, -0.25) is 14.5 Å². The third-order valence-electron chi connectivity index (χ3n) is 7.46. The van der Waals surface area contributed by atoms with Crippen LogP contribution in [0.5, 0.6) is 5.75 Å². The van der Waals surface area contributed by atoms with E-state index in [1.165, 1.54) is 4.90 Å². The summed E-state index contributed by atoms with van der Waals surface area (Å²) >= 11 is 0. The third-order valence-corrected chi connectivity index (χ3v) is 7.46. The number of Topliss-reactive ketones (excluding diaryl/α,β-unsaturated/α-hetero) is 1. The van der Waals surface area contributed by atoms with Gasteiger partial charge in [0.25, 0.3) is 11.7 Å². The average Bonchev–Trinajstić information content (AvgIpc) is 3.18. The molecule has 39 heavy (non-hydrogen) atoms. The van der Waals surface area contributed by atoms with Crippen LogP contribution in [0.2, 0.25) is 0 Å². The molecule has 1 N–H and O–H groups in total. The van der Waals surface area contributed by atoms with Gasteiger partial charge >= 0.3 is 0 Å². The van der Waals surface area contributed by atoms with E-state index in [0.29, 0.717) is 17.2 Å². The molecular weight excluding hydrogens is 488 g/mol. The fraction of sp³-hybridized carbons (Fsp3) is 0.333. The van der Waals surface area contributed by atoms with Crippen LogP contribution in [0.1, 0.15) is 73.4 Å². The Morgan fingerprint density at radius 2 is 1.54 bits per heavy atom. The molecule has 1 amide bonds. The van der Waals surface area contributed by atoms with Gasteiger partial charge in [0.05, 0.1) is 18.7 Å². The minimum absolute atomic E-state index is 0.0805. The summed E-state index contributed by atoms with van der Waals surface area (Å²) in [6.45, 7) is 10.2. The van der Waals surface area contributed by atoms with Gasteiger partial charge in [0, 0.05) is 31.0 Å². The van der Waals surface area contributed by atoms with Crippen LogP contribution in [-0.4, -0.2) is 38.0 Å². The number of hydrogen-bond acceptors (Lipinski definition) is 5. The Bertz CT molecular complexity index is 1420. The van der Waals surface area contributed by atoms with Gasteiger partial charge in [-0.2, -0.15) is 0 Å². The molecule has 0 aromatic heterocycles. The van der Waals surface area contributed by atoms with Crippen molar-refractivity contribution < 1.29 is 19.4 Å². The monoisotopic (exact) mass is 526 g/mol. The summed E-state index contributed by atoms with van der Waals surface area (Å²) in [6, 6.07) is 18.4. The van der Waals surface area contributed by atoms with Crippen molar-refractivity contribution in [3.63, 3.8) is 0 Å². The first kappa shape index (κ1) is 28.0. The van der Waals surface area contributed by atoms with Crippen LogP contribution in [-0.2, 0) is 9.59 Å². The summed E-state index contributed by atoms with van der Waals surface area (Å²) in [5, 5.41) is 11.7. The lowest BCUT2D eigenvalue weighted by Crippen LogP contribution is -2.29. The smallest absolute Gasteiger partial charge is 0.300 e.